The van der Waals surface area contributed by atoms with E-state index in [2.05, 4.69) is 14.5 Å². The van der Waals surface area contributed by atoms with E-state index >= 15 is 0 Å². The lowest BCUT2D eigenvalue weighted by atomic mass is 10.1. The van der Waals surface area contributed by atoms with Crippen LogP contribution in [-0.2, 0) is 19.3 Å². The summed E-state index contributed by atoms with van der Waals surface area (Å²) in [5.41, 5.74) is 1.91. The van der Waals surface area contributed by atoms with E-state index in [1.54, 1.807) is 19.2 Å². The number of nitrogens with zero attached hydrogens (tertiary/aromatic N) is 3. The molecule has 1 fully saturated rings. The topological polar surface area (TPSA) is 30.3 Å². The maximum absolute atomic E-state index is 13.5. The molecule has 1 unspecified atom stereocenters. The fraction of sp³-hybridized carbons (Fsp3) is 0.375. The van der Waals surface area contributed by atoms with Crippen molar-refractivity contribution < 1.29 is 17.9 Å². The van der Waals surface area contributed by atoms with Crippen molar-refractivity contribution in [2.75, 3.05) is 13.7 Å². The largest absolute Gasteiger partial charge is 0.497 e. The van der Waals surface area contributed by atoms with Crippen LogP contribution in [-0.4, -0.2) is 28.1 Å². The summed E-state index contributed by atoms with van der Waals surface area (Å²) in [6, 6.07) is 13.7. The first-order valence-corrected chi connectivity index (χ1v) is 10.4. The average Bonchev–Trinajstić information content (AvgIpc) is 3.35. The number of halogens is 3. The Labute approximate surface area is 180 Å². The molecule has 0 amide bonds. The van der Waals surface area contributed by atoms with Crippen LogP contribution in [0.4, 0.5) is 13.2 Å². The van der Waals surface area contributed by atoms with E-state index in [4.69, 9.17) is 4.74 Å². The highest BCUT2D eigenvalue weighted by Gasteiger charge is 2.35. The van der Waals surface area contributed by atoms with Crippen molar-refractivity contribution in [1.82, 2.24) is 14.5 Å². The lowest BCUT2D eigenvalue weighted by Gasteiger charge is -2.26. The Morgan fingerprint density at radius 1 is 1.06 bits per heavy atom. The van der Waals surface area contributed by atoms with Gasteiger partial charge in [-0.05, 0) is 55.6 Å². The monoisotopic (exact) mass is 429 g/mol. The highest BCUT2D eigenvalue weighted by atomic mass is 19.4. The van der Waals surface area contributed by atoms with Crippen LogP contribution in [0.25, 0.3) is 0 Å². The van der Waals surface area contributed by atoms with Gasteiger partial charge in [0.25, 0.3) is 0 Å². The molecule has 1 saturated heterocycles. The molecule has 0 aliphatic carbocycles. The van der Waals surface area contributed by atoms with E-state index in [0.717, 1.165) is 48.3 Å². The molecule has 1 atom stereocenters. The van der Waals surface area contributed by atoms with Crippen LogP contribution in [0.1, 0.15) is 47.1 Å². The number of likely N-dealkylation sites (tertiary alicyclic amines) is 1. The van der Waals surface area contributed by atoms with Gasteiger partial charge in [-0.25, -0.2) is 4.98 Å². The number of methoxy groups -OCH3 is 1. The van der Waals surface area contributed by atoms with Crippen LogP contribution in [0.2, 0.25) is 0 Å². The smallest absolute Gasteiger partial charge is 0.416 e. The summed E-state index contributed by atoms with van der Waals surface area (Å²) < 4.78 is 47.8. The number of rotatable bonds is 6. The average molecular weight is 429 g/mol. The van der Waals surface area contributed by atoms with Crippen LogP contribution < -0.4 is 4.74 Å². The molecule has 0 bridgehead atoms. The minimum absolute atomic E-state index is 0.00626. The molecule has 1 aliphatic rings. The number of aromatic nitrogens is 2. The van der Waals surface area contributed by atoms with E-state index in [1.807, 2.05) is 37.4 Å². The molecular weight excluding hydrogens is 403 g/mol. The summed E-state index contributed by atoms with van der Waals surface area (Å²) >= 11 is 0. The second-order valence-corrected chi connectivity index (χ2v) is 7.98. The third-order valence-corrected chi connectivity index (χ3v) is 5.94. The SMILES string of the molecule is COc1ccc(Cn2c(C)cnc2C2CCCN2Cc2ccccc2C(F)(F)F)cc1. The number of benzene rings is 2. The third kappa shape index (κ3) is 4.61. The Balaban J connectivity index is 1.59. The zero-order chi connectivity index (χ0) is 22.0. The lowest BCUT2D eigenvalue weighted by molar-refractivity contribution is -0.138. The molecule has 3 aromatic rings. The van der Waals surface area contributed by atoms with Gasteiger partial charge in [-0.1, -0.05) is 30.3 Å². The molecule has 2 aromatic carbocycles. The fourth-order valence-corrected chi connectivity index (χ4v) is 4.33. The quantitative estimate of drug-likeness (QED) is 0.511. The van der Waals surface area contributed by atoms with Gasteiger partial charge < -0.3 is 9.30 Å². The predicted octanol–water partition coefficient (Wildman–Crippen LogP) is 5.60. The molecule has 7 heteroatoms. The van der Waals surface area contributed by atoms with Crippen molar-refractivity contribution in [1.29, 1.82) is 0 Å². The predicted molar refractivity (Wildman–Crippen MR) is 113 cm³/mol. The van der Waals surface area contributed by atoms with Gasteiger partial charge in [-0.2, -0.15) is 13.2 Å². The number of aryl methyl sites for hydroxylation is 1. The molecule has 164 valence electrons. The van der Waals surface area contributed by atoms with E-state index in [9.17, 15) is 13.2 Å². The third-order valence-electron chi connectivity index (χ3n) is 5.94. The summed E-state index contributed by atoms with van der Waals surface area (Å²) in [6.07, 6.45) is -0.686. The zero-order valence-electron chi connectivity index (χ0n) is 17.7. The maximum Gasteiger partial charge on any atom is 0.416 e. The minimum atomic E-state index is -4.35. The van der Waals surface area contributed by atoms with Gasteiger partial charge in [0.05, 0.1) is 18.7 Å². The Morgan fingerprint density at radius 2 is 1.81 bits per heavy atom. The van der Waals surface area contributed by atoms with Crippen LogP contribution in [0, 0.1) is 6.92 Å². The highest BCUT2D eigenvalue weighted by molar-refractivity contribution is 5.30. The molecule has 1 aliphatic heterocycles. The van der Waals surface area contributed by atoms with E-state index in [1.165, 1.54) is 6.07 Å². The van der Waals surface area contributed by atoms with Crippen LogP contribution in [0.15, 0.2) is 54.7 Å². The lowest BCUT2D eigenvalue weighted by Crippen LogP contribution is -2.27. The van der Waals surface area contributed by atoms with Crippen LogP contribution >= 0.6 is 0 Å². The van der Waals surface area contributed by atoms with Crippen LogP contribution in [0.5, 0.6) is 5.75 Å². The number of alkyl halides is 3. The van der Waals surface area contributed by atoms with Crippen molar-refractivity contribution in [3.05, 3.63) is 82.9 Å². The first-order chi connectivity index (χ1) is 14.9. The van der Waals surface area contributed by atoms with Gasteiger partial charge in [-0.3, -0.25) is 4.90 Å². The van der Waals surface area contributed by atoms with E-state index in [0.29, 0.717) is 12.1 Å². The molecule has 2 heterocycles. The molecule has 0 spiro atoms. The second kappa shape index (κ2) is 8.75. The van der Waals surface area contributed by atoms with Gasteiger partial charge in [-0.15, -0.1) is 0 Å². The molecule has 1 aromatic heterocycles. The Morgan fingerprint density at radius 3 is 2.52 bits per heavy atom. The first-order valence-electron chi connectivity index (χ1n) is 10.4. The van der Waals surface area contributed by atoms with Gasteiger partial charge in [0.1, 0.15) is 11.6 Å². The molecule has 31 heavy (non-hydrogen) atoms. The molecular formula is C24H26F3N3O. The molecule has 4 rings (SSSR count). The van der Waals surface area contributed by atoms with E-state index < -0.39 is 11.7 Å². The van der Waals surface area contributed by atoms with Gasteiger partial charge in [0.15, 0.2) is 0 Å². The Bertz CT molecular complexity index is 1030. The van der Waals surface area contributed by atoms with Crippen molar-refractivity contribution >= 4 is 0 Å². The van der Waals surface area contributed by atoms with E-state index in [-0.39, 0.29) is 12.6 Å². The molecule has 0 saturated carbocycles. The number of hydrogen-bond acceptors (Lipinski definition) is 3. The summed E-state index contributed by atoms with van der Waals surface area (Å²) in [5, 5.41) is 0. The van der Waals surface area contributed by atoms with Gasteiger partial charge in [0, 0.05) is 25.0 Å². The highest BCUT2D eigenvalue weighted by Crippen LogP contribution is 2.37. The molecule has 4 nitrogen and oxygen atoms in total. The summed E-state index contributed by atoms with van der Waals surface area (Å²) in [7, 11) is 1.64. The van der Waals surface area contributed by atoms with Crippen LogP contribution in [0.3, 0.4) is 0 Å². The summed E-state index contributed by atoms with van der Waals surface area (Å²) in [5.74, 6) is 1.71. The minimum Gasteiger partial charge on any atom is -0.497 e. The van der Waals surface area contributed by atoms with Crippen molar-refractivity contribution in [2.24, 2.45) is 0 Å². The standard InChI is InChI=1S/C24H26F3N3O/c1-17-14-28-23(30(17)15-18-9-11-20(31-2)12-10-18)22-8-5-13-29(22)16-19-6-3-4-7-21(19)24(25,26)27/h3-4,6-7,9-12,14,22H,5,8,13,15-16H2,1-2H3. The number of ether oxygens (including phenoxy) is 1. The van der Waals surface area contributed by atoms with Crippen molar-refractivity contribution in [3.63, 3.8) is 0 Å². The Hall–Kier alpha value is -2.80. The summed E-state index contributed by atoms with van der Waals surface area (Å²) in [6.45, 7) is 3.69. The number of imidazole rings is 1. The molecule has 0 N–H and O–H groups in total. The Kier molecular flexibility index (Phi) is 6.05. The first kappa shape index (κ1) is 21.4. The molecule has 0 radical (unpaired) electrons. The van der Waals surface area contributed by atoms with Crippen molar-refractivity contribution in [3.8, 4) is 5.75 Å². The van der Waals surface area contributed by atoms with Gasteiger partial charge in [0.2, 0.25) is 0 Å². The number of hydrogen-bond donors (Lipinski definition) is 0. The fourth-order valence-electron chi connectivity index (χ4n) is 4.33. The van der Waals surface area contributed by atoms with Crippen molar-refractivity contribution in [2.45, 2.75) is 45.1 Å². The second-order valence-electron chi connectivity index (χ2n) is 7.98. The summed E-state index contributed by atoms with van der Waals surface area (Å²) in [4.78, 5) is 6.79. The zero-order valence-corrected chi connectivity index (χ0v) is 17.7. The normalized spacial score (nSPS) is 17.3. The van der Waals surface area contributed by atoms with Gasteiger partial charge >= 0.3 is 6.18 Å². The maximum atomic E-state index is 13.5.